The summed E-state index contributed by atoms with van der Waals surface area (Å²) in [6.45, 7) is 11.0. The van der Waals surface area contributed by atoms with E-state index >= 15 is 0 Å². The molecule has 1 aliphatic carbocycles. The van der Waals surface area contributed by atoms with Gasteiger partial charge in [0.15, 0.2) is 0 Å². The highest BCUT2D eigenvalue weighted by Crippen LogP contribution is 2.47. The fourth-order valence-electron chi connectivity index (χ4n) is 4.27. The van der Waals surface area contributed by atoms with Crippen LogP contribution in [0.2, 0.25) is 0 Å². The van der Waals surface area contributed by atoms with E-state index in [0.717, 1.165) is 30.6 Å². The SMILES string of the molecule is CC.CCc1ccc(-n2cnc(C3(Nc4nccc(N5C(=O)NC[C@@H]5C(C)C)n4)CC3)c2)cc1. The second-order valence-corrected chi connectivity index (χ2v) is 9.00. The first-order valence-electron chi connectivity index (χ1n) is 12.3. The van der Waals surface area contributed by atoms with Gasteiger partial charge in [-0.2, -0.15) is 4.98 Å². The minimum atomic E-state index is -0.266. The maximum absolute atomic E-state index is 12.4. The highest BCUT2D eigenvalue weighted by atomic mass is 16.2. The van der Waals surface area contributed by atoms with Gasteiger partial charge in [0.25, 0.3) is 0 Å². The molecule has 3 heterocycles. The highest BCUT2D eigenvalue weighted by Gasteiger charge is 2.47. The number of hydrogen-bond donors (Lipinski definition) is 2. The number of carbonyl (C=O) groups excluding carboxylic acids is 1. The Balaban J connectivity index is 0.00000133. The zero-order chi connectivity index (χ0) is 24.3. The molecule has 5 rings (SSSR count). The third kappa shape index (κ3) is 4.62. The number of hydrogen-bond acceptors (Lipinski definition) is 5. The van der Waals surface area contributed by atoms with Gasteiger partial charge in [0.05, 0.1) is 23.6 Å². The van der Waals surface area contributed by atoms with Gasteiger partial charge in [0.2, 0.25) is 5.95 Å². The maximum atomic E-state index is 12.4. The number of nitrogens with one attached hydrogen (secondary N) is 2. The molecule has 34 heavy (non-hydrogen) atoms. The molecule has 8 heteroatoms. The molecule has 1 saturated carbocycles. The van der Waals surface area contributed by atoms with E-state index in [9.17, 15) is 4.79 Å². The lowest BCUT2D eigenvalue weighted by Gasteiger charge is -2.25. The van der Waals surface area contributed by atoms with Gasteiger partial charge in [0.1, 0.15) is 5.82 Å². The van der Waals surface area contributed by atoms with E-state index in [4.69, 9.17) is 0 Å². The number of urea groups is 1. The molecule has 2 fully saturated rings. The fraction of sp³-hybridized carbons (Fsp3) is 0.462. The number of imidazole rings is 1. The molecule has 0 bridgehead atoms. The van der Waals surface area contributed by atoms with Crippen molar-refractivity contribution in [3.63, 3.8) is 0 Å². The molecular weight excluding hydrogens is 426 g/mol. The van der Waals surface area contributed by atoms with Crippen LogP contribution in [0, 0.1) is 5.92 Å². The number of anilines is 2. The fourth-order valence-corrected chi connectivity index (χ4v) is 4.27. The van der Waals surface area contributed by atoms with Crippen molar-refractivity contribution in [2.75, 3.05) is 16.8 Å². The highest BCUT2D eigenvalue weighted by molar-refractivity contribution is 5.94. The van der Waals surface area contributed by atoms with Crippen molar-refractivity contribution in [1.82, 2.24) is 24.8 Å². The minimum Gasteiger partial charge on any atom is -0.343 e. The molecule has 1 aliphatic heterocycles. The Hall–Kier alpha value is -3.42. The molecule has 2 amide bonds. The monoisotopic (exact) mass is 461 g/mol. The smallest absolute Gasteiger partial charge is 0.323 e. The molecule has 2 aliphatic rings. The van der Waals surface area contributed by atoms with Crippen molar-refractivity contribution in [3.8, 4) is 5.69 Å². The first-order valence-corrected chi connectivity index (χ1v) is 12.3. The summed E-state index contributed by atoms with van der Waals surface area (Å²) < 4.78 is 2.05. The zero-order valence-electron chi connectivity index (χ0n) is 20.7. The summed E-state index contributed by atoms with van der Waals surface area (Å²) in [7, 11) is 0. The first-order chi connectivity index (χ1) is 16.5. The third-order valence-corrected chi connectivity index (χ3v) is 6.49. The quantitative estimate of drug-likeness (QED) is 0.522. The summed E-state index contributed by atoms with van der Waals surface area (Å²) in [6, 6.07) is 10.3. The Morgan fingerprint density at radius 2 is 1.88 bits per heavy atom. The van der Waals surface area contributed by atoms with E-state index in [0.29, 0.717) is 24.2 Å². The number of rotatable bonds is 7. The predicted octanol–water partition coefficient (Wildman–Crippen LogP) is 4.91. The molecule has 2 aromatic heterocycles. The zero-order valence-corrected chi connectivity index (χ0v) is 20.7. The van der Waals surface area contributed by atoms with Crippen molar-refractivity contribution in [2.45, 2.75) is 65.5 Å². The summed E-state index contributed by atoms with van der Waals surface area (Å²) >= 11 is 0. The molecule has 1 atom stereocenters. The summed E-state index contributed by atoms with van der Waals surface area (Å²) in [6.07, 6.45) is 8.59. The number of aryl methyl sites for hydroxylation is 1. The summed E-state index contributed by atoms with van der Waals surface area (Å²) in [5.74, 6) is 1.46. The Labute approximate surface area is 201 Å². The van der Waals surface area contributed by atoms with Crippen molar-refractivity contribution in [3.05, 3.63) is 60.3 Å². The van der Waals surface area contributed by atoms with Gasteiger partial charge in [-0.3, -0.25) is 4.90 Å². The lowest BCUT2D eigenvalue weighted by Crippen LogP contribution is -2.38. The topological polar surface area (TPSA) is 88.0 Å². The number of nitrogens with zero attached hydrogens (tertiary/aromatic N) is 5. The van der Waals surface area contributed by atoms with Crippen molar-refractivity contribution in [1.29, 1.82) is 0 Å². The normalized spacial score (nSPS) is 18.4. The van der Waals surface area contributed by atoms with Crippen LogP contribution in [0.5, 0.6) is 0 Å². The van der Waals surface area contributed by atoms with Crippen LogP contribution in [0.25, 0.3) is 5.69 Å². The second-order valence-electron chi connectivity index (χ2n) is 9.00. The molecule has 0 radical (unpaired) electrons. The molecule has 3 aromatic rings. The van der Waals surface area contributed by atoms with Crippen LogP contribution in [-0.4, -0.2) is 38.1 Å². The molecule has 8 nitrogen and oxygen atoms in total. The largest absolute Gasteiger partial charge is 0.343 e. The molecule has 1 aromatic carbocycles. The molecule has 180 valence electrons. The Morgan fingerprint density at radius 3 is 2.53 bits per heavy atom. The van der Waals surface area contributed by atoms with Crippen LogP contribution >= 0.6 is 0 Å². The van der Waals surface area contributed by atoms with E-state index in [-0.39, 0.29) is 17.6 Å². The minimum absolute atomic E-state index is 0.0786. The Bertz CT molecular complexity index is 1120. The van der Waals surface area contributed by atoms with E-state index in [1.54, 1.807) is 17.2 Å². The molecule has 0 spiro atoms. The maximum Gasteiger partial charge on any atom is 0.323 e. The lowest BCUT2D eigenvalue weighted by molar-refractivity contribution is 0.251. The van der Waals surface area contributed by atoms with Crippen LogP contribution in [0.15, 0.2) is 49.1 Å². The van der Waals surface area contributed by atoms with Gasteiger partial charge >= 0.3 is 6.03 Å². The van der Waals surface area contributed by atoms with Gasteiger partial charge in [-0.05, 0) is 48.9 Å². The molecule has 1 saturated heterocycles. The molecule has 0 unspecified atom stereocenters. The van der Waals surface area contributed by atoms with E-state index in [1.165, 1.54) is 5.56 Å². The first kappa shape index (κ1) is 23.7. The van der Waals surface area contributed by atoms with E-state index < -0.39 is 0 Å². The molecule has 2 N–H and O–H groups in total. The van der Waals surface area contributed by atoms with Gasteiger partial charge in [-0.15, -0.1) is 0 Å². The number of aromatic nitrogens is 4. The lowest BCUT2D eigenvalue weighted by atomic mass is 10.0. The van der Waals surface area contributed by atoms with Gasteiger partial charge in [-0.25, -0.2) is 14.8 Å². The van der Waals surface area contributed by atoms with Crippen molar-refractivity contribution >= 4 is 17.8 Å². The standard InChI is InChI=1S/C24H29N7O.C2H6/c1-4-17-5-7-18(8-6-17)30-14-20(27-15-30)24(10-11-24)29-22-25-12-9-21(28-22)31-19(16(2)3)13-26-23(31)32;1-2/h5-9,12,14-16,19H,4,10-11,13H2,1-3H3,(H,26,32)(H,25,28,29);1-2H3/t19-;/m1./s1. The van der Waals surface area contributed by atoms with Crippen molar-refractivity contribution < 1.29 is 4.79 Å². The third-order valence-electron chi connectivity index (χ3n) is 6.49. The summed E-state index contributed by atoms with van der Waals surface area (Å²) in [5, 5.41) is 6.42. The van der Waals surface area contributed by atoms with Crippen LogP contribution in [0.3, 0.4) is 0 Å². The Kier molecular flexibility index (Phi) is 6.86. The summed E-state index contributed by atoms with van der Waals surface area (Å²) in [4.78, 5) is 28.0. The van der Waals surface area contributed by atoms with Crippen LogP contribution in [-0.2, 0) is 12.0 Å². The average molecular weight is 462 g/mol. The predicted molar refractivity (Wildman–Crippen MR) is 135 cm³/mol. The summed E-state index contributed by atoms with van der Waals surface area (Å²) in [5.41, 5.74) is 3.12. The average Bonchev–Trinajstić information content (AvgIpc) is 3.28. The number of amides is 2. The number of benzene rings is 1. The molecular formula is C26H35N7O. The van der Waals surface area contributed by atoms with Crippen LogP contribution < -0.4 is 15.5 Å². The van der Waals surface area contributed by atoms with E-state index in [2.05, 4.69) is 81.4 Å². The van der Waals surface area contributed by atoms with Gasteiger partial charge in [-0.1, -0.05) is 46.8 Å². The van der Waals surface area contributed by atoms with E-state index in [1.807, 2.05) is 20.2 Å². The van der Waals surface area contributed by atoms with Crippen molar-refractivity contribution in [2.24, 2.45) is 5.92 Å². The van der Waals surface area contributed by atoms with Crippen LogP contribution in [0.1, 0.15) is 58.7 Å². The van der Waals surface area contributed by atoms with Crippen LogP contribution in [0.4, 0.5) is 16.6 Å². The Morgan fingerprint density at radius 1 is 1.15 bits per heavy atom. The number of carbonyl (C=O) groups is 1. The van der Waals surface area contributed by atoms with Gasteiger partial charge < -0.3 is 15.2 Å². The second kappa shape index (κ2) is 9.83. The van der Waals surface area contributed by atoms with Gasteiger partial charge in [0, 0.05) is 24.6 Å².